The van der Waals surface area contributed by atoms with Crippen molar-refractivity contribution in [2.24, 2.45) is 0 Å². The average Bonchev–Trinajstić information content (AvgIpc) is 2.33. The van der Waals surface area contributed by atoms with Crippen molar-refractivity contribution in [3.63, 3.8) is 0 Å². The molecule has 0 aliphatic carbocycles. The lowest BCUT2D eigenvalue weighted by Gasteiger charge is -2.24. The lowest BCUT2D eigenvalue weighted by Crippen LogP contribution is -3.15. The first-order chi connectivity index (χ1) is 10.5. The first-order valence-electron chi connectivity index (χ1n) is 7.38. The Kier molecular flexibility index (Phi) is 6.86. The van der Waals surface area contributed by atoms with Crippen LogP contribution in [0.3, 0.4) is 0 Å². The Morgan fingerprint density at radius 3 is 2.17 bits per heavy atom. The van der Waals surface area contributed by atoms with Gasteiger partial charge in [-0.3, -0.25) is 9.59 Å². The van der Waals surface area contributed by atoms with Crippen LogP contribution in [0.5, 0.6) is 0 Å². The summed E-state index contributed by atoms with van der Waals surface area (Å²) in [5, 5.41) is 6.55. The van der Waals surface area contributed by atoms with Gasteiger partial charge in [-0.05, 0) is 45.9 Å². The second-order valence-electron chi connectivity index (χ2n) is 6.69. The zero-order valence-corrected chi connectivity index (χ0v) is 15.6. The number of carbonyl (C=O) groups is 2. The molecule has 5 nitrogen and oxygen atoms in total. The third-order valence-electron chi connectivity index (χ3n) is 3.22. The molecule has 1 aromatic carbocycles. The lowest BCUT2D eigenvalue weighted by molar-refractivity contribution is -0.885. The van der Waals surface area contributed by atoms with Gasteiger partial charge in [0.25, 0.3) is 11.8 Å². The number of benzene rings is 1. The maximum Gasteiger partial charge on any atom is 0.282 e. The number of nitrogens with one attached hydrogen (secondary N) is 3. The van der Waals surface area contributed by atoms with Crippen LogP contribution in [0.1, 0.15) is 27.7 Å². The molecule has 23 heavy (non-hydrogen) atoms. The van der Waals surface area contributed by atoms with Crippen molar-refractivity contribution >= 4 is 40.7 Å². The van der Waals surface area contributed by atoms with Crippen LogP contribution >= 0.6 is 23.2 Å². The maximum atomic E-state index is 12.3. The summed E-state index contributed by atoms with van der Waals surface area (Å²) in [6.07, 6.45) is 0. The molecule has 0 saturated carbocycles. The molecule has 0 saturated heterocycles. The van der Waals surface area contributed by atoms with E-state index in [1.807, 2.05) is 20.8 Å². The van der Waals surface area contributed by atoms with Crippen LogP contribution in [0, 0.1) is 0 Å². The lowest BCUT2D eigenvalue weighted by atomic mass is 10.1. The van der Waals surface area contributed by atoms with E-state index >= 15 is 0 Å². The molecule has 1 rings (SSSR count). The van der Waals surface area contributed by atoms with E-state index in [2.05, 4.69) is 10.6 Å². The van der Waals surface area contributed by atoms with Gasteiger partial charge in [0.05, 0.1) is 7.05 Å². The fourth-order valence-electron chi connectivity index (χ4n) is 1.97. The fraction of sp³-hybridized carbons (Fsp3) is 0.500. The number of anilines is 1. The minimum absolute atomic E-state index is 0.0968. The van der Waals surface area contributed by atoms with Crippen LogP contribution in [0.15, 0.2) is 18.2 Å². The van der Waals surface area contributed by atoms with E-state index in [0.717, 1.165) is 4.90 Å². The molecular weight excluding hydrogens is 337 g/mol. The van der Waals surface area contributed by atoms with Crippen molar-refractivity contribution < 1.29 is 14.5 Å². The monoisotopic (exact) mass is 360 g/mol. The van der Waals surface area contributed by atoms with Gasteiger partial charge in [-0.2, -0.15) is 0 Å². The molecule has 0 fully saturated rings. The van der Waals surface area contributed by atoms with E-state index in [1.165, 1.54) is 0 Å². The molecule has 0 aliphatic heterocycles. The third kappa shape index (κ3) is 7.20. The van der Waals surface area contributed by atoms with Crippen LogP contribution in [0.2, 0.25) is 10.0 Å². The molecule has 0 radical (unpaired) electrons. The van der Waals surface area contributed by atoms with E-state index in [-0.39, 0.29) is 23.9 Å². The van der Waals surface area contributed by atoms with Gasteiger partial charge in [0.15, 0.2) is 12.6 Å². The van der Waals surface area contributed by atoms with Gasteiger partial charge in [-0.25, -0.2) is 0 Å². The molecule has 1 unspecified atom stereocenters. The minimum Gasteiger partial charge on any atom is -0.347 e. The number of halogens is 2. The zero-order valence-electron chi connectivity index (χ0n) is 14.1. The summed E-state index contributed by atoms with van der Waals surface area (Å²) >= 11 is 11.8. The van der Waals surface area contributed by atoms with Crippen molar-refractivity contribution in [1.29, 1.82) is 0 Å². The molecule has 0 bridgehead atoms. The average molecular weight is 361 g/mol. The van der Waals surface area contributed by atoms with Crippen LogP contribution in [-0.4, -0.2) is 37.0 Å². The normalized spacial score (nSPS) is 14.0. The van der Waals surface area contributed by atoms with Gasteiger partial charge in [0.1, 0.15) is 0 Å². The topological polar surface area (TPSA) is 62.6 Å². The van der Waals surface area contributed by atoms with Crippen molar-refractivity contribution in [3.8, 4) is 0 Å². The summed E-state index contributed by atoms with van der Waals surface area (Å²) in [5.74, 6) is -0.301. The van der Waals surface area contributed by atoms with E-state index in [0.29, 0.717) is 15.7 Å². The summed E-state index contributed by atoms with van der Waals surface area (Å²) in [6.45, 7) is 7.72. The van der Waals surface area contributed by atoms with E-state index < -0.39 is 6.04 Å². The first kappa shape index (κ1) is 19.7. The van der Waals surface area contributed by atoms with Crippen LogP contribution in [0.25, 0.3) is 0 Å². The van der Waals surface area contributed by atoms with Gasteiger partial charge in [-0.15, -0.1) is 0 Å². The Morgan fingerprint density at radius 2 is 1.70 bits per heavy atom. The van der Waals surface area contributed by atoms with Crippen molar-refractivity contribution in [1.82, 2.24) is 5.32 Å². The highest BCUT2D eigenvalue weighted by molar-refractivity contribution is 6.35. The van der Waals surface area contributed by atoms with Crippen LogP contribution in [0.4, 0.5) is 5.69 Å². The Bertz CT molecular complexity index is 565. The number of carbonyl (C=O) groups excluding carboxylic acids is 2. The zero-order chi connectivity index (χ0) is 17.8. The van der Waals surface area contributed by atoms with Crippen LogP contribution < -0.4 is 15.5 Å². The maximum absolute atomic E-state index is 12.3. The molecule has 1 aromatic rings. The highest BCUT2D eigenvalue weighted by atomic mass is 35.5. The smallest absolute Gasteiger partial charge is 0.282 e. The number of hydrogen-bond acceptors (Lipinski definition) is 2. The number of rotatable bonds is 5. The van der Waals surface area contributed by atoms with Gasteiger partial charge in [0, 0.05) is 21.3 Å². The quantitative estimate of drug-likeness (QED) is 0.748. The highest BCUT2D eigenvalue weighted by Crippen LogP contribution is 2.22. The van der Waals surface area contributed by atoms with Gasteiger partial charge >= 0.3 is 0 Å². The van der Waals surface area contributed by atoms with Crippen molar-refractivity contribution in [3.05, 3.63) is 28.2 Å². The molecule has 0 aromatic heterocycles. The van der Waals surface area contributed by atoms with Gasteiger partial charge < -0.3 is 15.5 Å². The summed E-state index contributed by atoms with van der Waals surface area (Å²) < 4.78 is 0. The standard InChI is InChI=1S/C16H23Cl2N3O2/c1-10(21(5)9-14(22)20-16(2,3)4)15(23)19-13-7-11(17)6-12(18)8-13/h6-8,10H,9H2,1-5H3,(H,19,23)(H,20,22)/p+1/t10-/m1/s1. The van der Waals surface area contributed by atoms with Crippen molar-refractivity contribution in [2.75, 3.05) is 18.9 Å². The molecule has 0 heterocycles. The van der Waals surface area contributed by atoms with Gasteiger partial charge in [0.2, 0.25) is 0 Å². The molecule has 0 spiro atoms. The largest absolute Gasteiger partial charge is 0.347 e. The Balaban J connectivity index is 2.63. The second-order valence-corrected chi connectivity index (χ2v) is 7.56. The Labute approximate surface area is 147 Å². The summed E-state index contributed by atoms with van der Waals surface area (Å²) in [4.78, 5) is 25.0. The SMILES string of the molecule is C[C@H](C(=O)Nc1cc(Cl)cc(Cl)c1)[NH+](C)CC(=O)NC(C)(C)C. The molecule has 3 N–H and O–H groups in total. The van der Waals surface area contributed by atoms with E-state index in [9.17, 15) is 9.59 Å². The highest BCUT2D eigenvalue weighted by Gasteiger charge is 2.25. The molecule has 2 atom stereocenters. The summed E-state index contributed by atoms with van der Waals surface area (Å²) in [7, 11) is 1.80. The third-order valence-corrected chi connectivity index (χ3v) is 3.65. The molecule has 128 valence electrons. The fourth-order valence-corrected chi connectivity index (χ4v) is 2.50. The molecular formula is C16H24Cl2N3O2+. The second kappa shape index (κ2) is 7.99. The van der Waals surface area contributed by atoms with Crippen LogP contribution in [-0.2, 0) is 9.59 Å². The Hall–Kier alpha value is -1.30. The number of quaternary nitrogens is 1. The predicted octanol–water partition coefficient (Wildman–Crippen LogP) is 1.75. The number of hydrogen-bond donors (Lipinski definition) is 3. The summed E-state index contributed by atoms with van der Waals surface area (Å²) in [6, 6.07) is 4.44. The minimum atomic E-state index is -0.404. The molecule has 7 heteroatoms. The number of amides is 2. The molecule has 0 aliphatic rings. The van der Waals surface area contributed by atoms with Gasteiger partial charge in [-0.1, -0.05) is 23.2 Å². The predicted molar refractivity (Wildman–Crippen MR) is 94.2 cm³/mol. The Morgan fingerprint density at radius 1 is 1.17 bits per heavy atom. The summed E-state index contributed by atoms with van der Waals surface area (Å²) in [5.41, 5.74) is 0.242. The van der Waals surface area contributed by atoms with E-state index in [1.54, 1.807) is 32.2 Å². The number of likely N-dealkylation sites (N-methyl/N-ethyl adjacent to an activating group) is 1. The first-order valence-corrected chi connectivity index (χ1v) is 8.14. The molecule has 2 amide bonds. The van der Waals surface area contributed by atoms with E-state index in [4.69, 9.17) is 23.2 Å². The van der Waals surface area contributed by atoms with Crippen molar-refractivity contribution in [2.45, 2.75) is 39.3 Å².